The third-order valence-electron chi connectivity index (χ3n) is 7.12. The van der Waals surface area contributed by atoms with Gasteiger partial charge in [-0.25, -0.2) is 14.9 Å². The molecule has 1 atom stereocenters. The van der Waals surface area contributed by atoms with Crippen LogP contribution in [-0.4, -0.2) is 36.6 Å². The molecule has 0 aliphatic heterocycles. The van der Waals surface area contributed by atoms with Gasteiger partial charge in [0.25, 0.3) is 5.56 Å². The first-order valence-electron chi connectivity index (χ1n) is 13.0. The zero-order valence-electron chi connectivity index (χ0n) is 22.0. The van der Waals surface area contributed by atoms with Crippen LogP contribution in [0.4, 0.5) is 0 Å². The van der Waals surface area contributed by atoms with Crippen molar-refractivity contribution in [3.05, 3.63) is 81.5 Å². The molecule has 1 unspecified atom stereocenters. The molecule has 2 aromatic carbocycles. The van der Waals surface area contributed by atoms with E-state index in [0.29, 0.717) is 48.1 Å². The van der Waals surface area contributed by atoms with Crippen molar-refractivity contribution in [2.45, 2.75) is 65.3 Å². The number of Topliss-reactive ketones (excluding diaryl/α,β-unsaturated/α-hetero) is 1. The third kappa shape index (κ3) is 5.03. The SMILES string of the molecule is CC(C)(C)Cc1nc2c(C3CCCCC3=O)n[nH]c(=O)c2n1Cc1ccc(-c2ccccc2C(=O)O)cc1. The molecule has 0 saturated heterocycles. The first-order valence-corrected chi connectivity index (χ1v) is 13.0. The lowest BCUT2D eigenvalue weighted by Gasteiger charge is -2.19. The van der Waals surface area contributed by atoms with E-state index >= 15 is 0 Å². The van der Waals surface area contributed by atoms with Gasteiger partial charge < -0.3 is 9.67 Å². The number of carbonyl (C=O) groups is 2. The highest BCUT2D eigenvalue weighted by atomic mass is 16.4. The Balaban J connectivity index is 1.58. The number of H-pyrrole nitrogens is 1. The van der Waals surface area contributed by atoms with Crippen molar-refractivity contribution in [3.63, 3.8) is 0 Å². The van der Waals surface area contributed by atoms with Gasteiger partial charge in [-0.1, -0.05) is 69.7 Å². The lowest BCUT2D eigenvalue weighted by atomic mass is 9.85. The number of carbonyl (C=O) groups excluding carboxylic acids is 1. The molecule has 2 N–H and O–H groups in total. The molecule has 0 amide bonds. The summed E-state index contributed by atoms with van der Waals surface area (Å²) >= 11 is 0. The van der Waals surface area contributed by atoms with Gasteiger partial charge in [0.1, 0.15) is 22.6 Å². The zero-order valence-corrected chi connectivity index (χ0v) is 22.0. The van der Waals surface area contributed by atoms with Crippen molar-refractivity contribution in [1.29, 1.82) is 0 Å². The van der Waals surface area contributed by atoms with Crippen LogP contribution in [0.2, 0.25) is 0 Å². The highest BCUT2D eigenvalue weighted by molar-refractivity contribution is 5.96. The molecule has 0 spiro atoms. The number of nitrogens with zero attached hydrogens (tertiary/aromatic N) is 3. The standard InChI is InChI=1S/C30H32N4O4/c1-30(2,3)16-24-31-26-25(22-10-6-7-11-23(22)35)32-33-28(36)27(26)34(24)17-18-12-14-19(15-13-18)20-8-4-5-9-21(20)29(37)38/h4-5,8-9,12-15,22H,6-7,10-11,16-17H2,1-3H3,(H,33,36)(H,37,38). The van der Waals surface area contributed by atoms with E-state index in [2.05, 4.69) is 31.0 Å². The minimum absolute atomic E-state index is 0.0788. The molecule has 8 heteroatoms. The van der Waals surface area contributed by atoms with E-state index in [1.54, 1.807) is 18.2 Å². The summed E-state index contributed by atoms with van der Waals surface area (Å²) in [5.74, 6) is -0.388. The van der Waals surface area contributed by atoms with Gasteiger partial charge in [0, 0.05) is 19.4 Å². The van der Waals surface area contributed by atoms with Crippen molar-refractivity contribution in [1.82, 2.24) is 19.7 Å². The number of carboxylic acids is 1. The monoisotopic (exact) mass is 512 g/mol. The van der Waals surface area contributed by atoms with Crippen LogP contribution in [0.15, 0.2) is 53.3 Å². The zero-order chi connectivity index (χ0) is 27.0. The topological polar surface area (TPSA) is 118 Å². The molecule has 4 aromatic rings. The Hall–Kier alpha value is -4.07. The lowest BCUT2D eigenvalue weighted by Crippen LogP contribution is -2.22. The van der Waals surface area contributed by atoms with Gasteiger partial charge in [-0.3, -0.25) is 9.59 Å². The van der Waals surface area contributed by atoms with Crippen molar-refractivity contribution in [2.24, 2.45) is 5.41 Å². The largest absolute Gasteiger partial charge is 0.478 e. The van der Waals surface area contributed by atoms with Gasteiger partial charge in [-0.2, -0.15) is 5.10 Å². The number of imidazole rings is 1. The van der Waals surface area contributed by atoms with Gasteiger partial charge >= 0.3 is 5.97 Å². The second kappa shape index (κ2) is 10.0. The molecule has 38 heavy (non-hydrogen) atoms. The van der Waals surface area contributed by atoms with E-state index in [1.165, 1.54) is 0 Å². The highest BCUT2D eigenvalue weighted by Crippen LogP contribution is 2.33. The van der Waals surface area contributed by atoms with E-state index in [0.717, 1.165) is 29.8 Å². The molecule has 0 bridgehead atoms. The average Bonchev–Trinajstić information content (AvgIpc) is 3.22. The summed E-state index contributed by atoms with van der Waals surface area (Å²) in [6.07, 6.45) is 3.72. The van der Waals surface area contributed by atoms with Crippen molar-refractivity contribution < 1.29 is 14.7 Å². The maximum Gasteiger partial charge on any atom is 0.336 e. The summed E-state index contributed by atoms with van der Waals surface area (Å²) in [6.45, 7) is 6.78. The predicted molar refractivity (Wildman–Crippen MR) is 145 cm³/mol. The average molecular weight is 513 g/mol. The molecular weight excluding hydrogens is 480 g/mol. The second-order valence-corrected chi connectivity index (χ2v) is 11.3. The van der Waals surface area contributed by atoms with Crippen LogP contribution in [0.3, 0.4) is 0 Å². The number of benzene rings is 2. The van der Waals surface area contributed by atoms with Gasteiger partial charge in [-0.15, -0.1) is 0 Å². The van der Waals surface area contributed by atoms with E-state index in [4.69, 9.17) is 4.98 Å². The maximum atomic E-state index is 13.1. The quantitative estimate of drug-likeness (QED) is 0.360. The maximum absolute atomic E-state index is 13.1. The molecule has 1 aliphatic rings. The van der Waals surface area contributed by atoms with E-state index in [9.17, 15) is 19.5 Å². The van der Waals surface area contributed by atoms with Crippen molar-refractivity contribution >= 4 is 22.8 Å². The van der Waals surface area contributed by atoms with Gasteiger partial charge in [-0.05, 0) is 41.0 Å². The number of hydrogen-bond acceptors (Lipinski definition) is 5. The molecule has 1 fully saturated rings. The number of aromatic nitrogens is 4. The molecule has 0 radical (unpaired) electrons. The normalized spacial score (nSPS) is 16.2. The fourth-order valence-electron chi connectivity index (χ4n) is 5.31. The van der Waals surface area contributed by atoms with E-state index in [1.807, 2.05) is 34.9 Å². The molecular formula is C30H32N4O4. The summed E-state index contributed by atoms with van der Waals surface area (Å²) in [4.78, 5) is 42.5. The number of aromatic amines is 1. The molecule has 8 nitrogen and oxygen atoms in total. The van der Waals surface area contributed by atoms with Gasteiger partial charge in [0.15, 0.2) is 0 Å². The smallest absolute Gasteiger partial charge is 0.336 e. The first-order chi connectivity index (χ1) is 18.1. The summed E-state index contributed by atoms with van der Waals surface area (Å²) in [5.41, 5.74) is 3.76. The summed E-state index contributed by atoms with van der Waals surface area (Å²) < 4.78 is 1.94. The van der Waals surface area contributed by atoms with E-state index in [-0.39, 0.29) is 28.2 Å². The Kier molecular flexibility index (Phi) is 6.73. The summed E-state index contributed by atoms with van der Waals surface area (Å²) in [5, 5.41) is 16.5. The van der Waals surface area contributed by atoms with Gasteiger partial charge in [0.2, 0.25) is 0 Å². The fourth-order valence-corrected chi connectivity index (χ4v) is 5.31. The molecule has 1 saturated carbocycles. The molecule has 1 aliphatic carbocycles. The number of ketones is 1. The van der Waals surface area contributed by atoms with Crippen LogP contribution in [0.25, 0.3) is 22.2 Å². The van der Waals surface area contributed by atoms with Crippen LogP contribution in [0, 0.1) is 5.41 Å². The number of rotatable bonds is 6. The Morgan fingerprint density at radius 2 is 1.82 bits per heavy atom. The van der Waals surface area contributed by atoms with Crippen LogP contribution in [0.1, 0.15) is 79.8 Å². The number of hydrogen-bond donors (Lipinski definition) is 2. The van der Waals surface area contributed by atoms with Crippen molar-refractivity contribution in [2.75, 3.05) is 0 Å². The second-order valence-electron chi connectivity index (χ2n) is 11.3. The van der Waals surface area contributed by atoms with E-state index < -0.39 is 5.97 Å². The van der Waals surface area contributed by atoms with Crippen LogP contribution >= 0.6 is 0 Å². The first kappa shape index (κ1) is 25.6. The third-order valence-corrected chi connectivity index (χ3v) is 7.12. The molecule has 196 valence electrons. The molecule has 5 rings (SSSR count). The van der Waals surface area contributed by atoms with Crippen LogP contribution in [0.5, 0.6) is 0 Å². The molecule has 2 aromatic heterocycles. The Morgan fingerprint density at radius 1 is 1.08 bits per heavy atom. The fraction of sp³-hybridized carbons (Fsp3) is 0.367. The number of fused-ring (bicyclic) bond motifs is 1. The predicted octanol–water partition coefficient (Wildman–Crippen LogP) is 5.35. The summed E-state index contributed by atoms with van der Waals surface area (Å²) in [7, 11) is 0. The van der Waals surface area contributed by atoms with Crippen molar-refractivity contribution in [3.8, 4) is 11.1 Å². The lowest BCUT2D eigenvalue weighted by molar-refractivity contribution is -0.121. The minimum atomic E-state index is -0.971. The number of carboxylic acid groups (broad SMARTS) is 1. The van der Waals surface area contributed by atoms with Crippen LogP contribution in [-0.2, 0) is 17.8 Å². The minimum Gasteiger partial charge on any atom is -0.478 e. The molecule has 2 heterocycles. The number of aromatic carboxylic acids is 1. The number of nitrogens with one attached hydrogen (secondary N) is 1. The highest BCUT2D eigenvalue weighted by Gasteiger charge is 2.30. The Labute approximate surface area is 220 Å². The van der Waals surface area contributed by atoms with Gasteiger partial charge in [0.05, 0.1) is 17.2 Å². The Morgan fingerprint density at radius 3 is 2.50 bits per heavy atom. The Bertz CT molecular complexity index is 1570. The summed E-state index contributed by atoms with van der Waals surface area (Å²) in [6, 6.07) is 14.6. The van der Waals surface area contributed by atoms with Crippen LogP contribution < -0.4 is 5.56 Å².